The highest BCUT2D eigenvalue weighted by Crippen LogP contribution is 2.33. The molecule has 2 N–H and O–H groups in total. The van der Waals surface area contributed by atoms with Gasteiger partial charge in [-0.3, -0.25) is 0 Å². The number of aromatic hydroxyl groups is 2. The highest BCUT2D eigenvalue weighted by Gasteiger charge is 2.11. The molecule has 0 saturated heterocycles. The molecule has 0 aliphatic heterocycles. The Morgan fingerprint density at radius 1 is 0.577 bits per heavy atom. The van der Waals surface area contributed by atoms with E-state index in [1.165, 1.54) is 5.56 Å². The molecule has 0 bridgehead atoms. The minimum Gasteiger partial charge on any atom is -0.508 e. The average Bonchev–Trinajstić information content (AvgIpc) is 2.55. The molecule has 0 amide bonds. The van der Waals surface area contributed by atoms with Gasteiger partial charge in [-0.2, -0.15) is 0 Å². The summed E-state index contributed by atoms with van der Waals surface area (Å²) in [7, 11) is 0. The fourth-order valence-corrected chi connectivity index (χ4v) is 2.91. The number of phenolic OH excluding ortho intramolecular Hbond substituents is 2. The van der Waals surface area contributed by atoms with E-state index in [0.29, 0.717) is 35.2 Å². The molecule has 2 aromatic carbocycles. The molecule has 0 spiro atoms. The molecule has 2 rings (SSSR count). The Morgan fingerprint density at radius 3 is 1.42 bits per heavy atom. The lowest BCUT2D eigenvalue weighted by Crippen LogP contribution is -1.94. The summed E-state index contributed by atoms with van der Waals surface area (Å²) in [6, 6.07) is 11.9. The van der Waals surface area contributed by atoms with Crippen LogP contribution in [-0.4, -0.2) is 10.2 Å². The Kier molecular flexibility index (Phi) is 8.20. The van der Waals surface area contributed by atoms with Crippen molar-refractivity contribution in [3.8, 4) is 11.5 Å². The molecule has 0 aliphatic carbocycles. The van der Waals surface area contributed by atoms with E-state index in [2.05, 4.69) is 61.5 Å². The van der Waals surface area contributed by atoms with Crippen molar-refractivity contribution in [3.63, 3.8) is 0 Å². The van der Waals surface area contributed by atoms with Crippen molar-refractivity contribution in [2.45, 2.75) is 79.1 Å². The average molecular weight is 357 g/mol. The summed E-state index contributed by atoms with van der Waals surface area (Å²) in [5.41, 5.74) is 4.44. The molecule has 0 fully saturated rings. The van der Waals surface area contributed by atoms with Gasteiger partial charge in [-0.25, -0.2) is 0 Å². The second-order valence-corrected chi connectivity index (χ2v) is 8.22. The molecule has 0 heterocycles. The zero-order valence-corrected chi connectivity index (χ0v) is 17.7. The quantitative estimate of drug-likeness (QED) is 0.604. The van der Waals surface area contributed by atoms with Crippen LogP contribution in [0.15, 0.2) is 36.4 Å². The number of hydrogen-bond donors (Lipinski definition) is 2. The van der Waals surface area contributed by atoms with Crippen molar-refractivity contribution in [3.05, 3.63) is 58.7 Å². The Bertz CT molecular complexity index is 663. The Hall–Kier alpha value is -1.96. The van der Waals surface area contributed by atoms with E-state index < -0.39 is 0 Å². The molecule has 0 aromatic heterocycles. The molecule has 2 aromatic rings. The topological polar surface area (TPSA) is 40.5 Å². The standard InChI is InChI=1S/2C12H18O/c1-8(2)10-5-6-12(13)11(7-10)9(3)4;1-8(2)10-6-5-7-11(9(3)4)12(10)13/h2*5-9,13H,1-4H3. The molecule has 26 heavy (non-hydrogen) atoms. The summed E-state index contributed by atoms with van der Waals surface area (Å²) in [6.45, 7) is 16.9. The molecule has 0 aliphatic rings. The first-order valence-corrected chi connectivity index (χ1v) is 9.70. The summed E-state index contributed by atoms with van der Waals surface area (Å²) < 4.78 is 0. The van der Waals surface area contributed by atoms with Gasteiger partial charge in [0, 0.05) is 0 Å². The fraction of sp³-hybridized carbons (Fsp3) is 0.500. The van der Waals surface area contributed by atoms with E-state index in [4.69, 9.17) is 0 Å². The van der Waals surface area contributed by atoms with Crippen LogP contribution in [0.2, 0.25) is 0 Å². The normalized spacial score (nSPS) is 11.2. The predicted molar refractivity (Wildman–Crippen MR) is 113 cm³/mol. The lowest BCUT2D eigenvalue weighted by molar-refractivity contribution is 0.454. The van der Waals surface area contributed by atoms with Crippen LogP contribution in [0.25, 0.3) is 0 Å². The number of rotatable bonds is 4. The molecule has 0 unspecified atom stereocenters. The second-order valence-electron chi connectivity index (χ2n) is 8.22. The van der Waals surface area contributed by atoms with Crippen LogP contribution in [0.1, 0.15) is 101 Å². The van der Waals surface area contributed by atoms with Crippen molar-refractivity contribution < 1.29 is 10.2 Å². The molecular weight excluding hydrogens is 320 g/mol. The third kappa shape index (κ3) is 5.79. The molecular formula is C24H36O2. The van der Waals surface area contributed by atoms with Crippen molar-refractivity contribution in [2.75, 3.05) is 0 Å². The molecule has 2 nitrogen and oxygen atoms in total. The highest BCUT2D eigenvalue weighted by atomic mass is 16.3. The van der Waals surface area contributed by atoms with Gasteiger partial charge in [0.2, 0.25) is 0 Å². The van der Waals surface area contributed by atoms with E-state index in [1.54, 1.807) is 6.07 Å². The maximum atomic E-state index is 9.93. The molecule has 0 atom stereocenters. The smallest absolute Gasteiger partial charge is 0.122 e. The van der Waals surface area contributed by atoms with Gasteiger partial charge in [0.1, 0.15) is 11.5 Å². The largest absolute Gasteiger partial charge is 0.508 e. The molecule has 144 valence electrons. The van der Waals surface area contributed by atoms with Gasteiger partial charge in [-0.05, 0) is 52.0 Å². The number of benzene rings is 2. The molecule has 0 radical (unpaired) electrons. The van der Waals surface area contributed by atoms with Crippen LogP contribution < -0.4 is 0 Å². The Labute approximate surface area is 159 Å². The Balaban J connectivity index is 0.000000260. The first-order chi connectivity index (χ1) is 12.1. The fourth-order valence-electron chi connectivity index (χ4n) is 2.91. The molecule has 0 saturated carbocycles. The summed E-state index contributed by atoms with van der Waals surface area (Å²) in [4.78, 5) is 0. The van der Waals surface area contributed by atoms with Crippen LogP contribution in [0, 0.1) is 0 Å². The minimum atomic E-state index is 0.388. The van der Waals surface area contributed by atoms with Crippen molar-refractivity contribution >= 4 is 0 Å². The van der Waals surface area contributed by atoms with E-state index >= 15 is 0 Å². The van der Waals surface area contributed by atoms with E-state index in [9.17, 15) is 10.2 Å². The van der Waals surface area contributed by atoms with Crippen molar-refractivity contribution in [2.24, 2.45) is 0 Å². The zero-order chi connectivity index (χ0) is 20.0. The van der Waals surface area contributed by atoms with Gasteiger partial charge in [-0.15, -0.1) is 0 Å². The summed E-state index contributed by atoms with van der Waals surface area (Å²) in [5.74, 6) is 2.58. The van der Waals surface area contributed by atoms with E-state index in [-0.39, 0.29) is 0 Å². The third-order valence-electron chi connectivity index (χ3n) is 4.68. The minimum absolute atomic E-state index is 0.388. The third-order valence-corrected chi connectivity index (χ3v) is 4.68. The van der Waals surface area contributed by atoms with Gasteiger partial charge in [-0.1, -0.05) is 85.7 Å². The molecule has 2 heteroatoms. The lowest BCUT2D eigenvalue weighted by Gasteiger charge is -2.14. The van der Waals surface area contributed by atoms with Gasteiger partial charge < -0.3 is 10.2 Å². The van der Waals surface area contributed by atoms with Crippen molar-refractivity contribution in [1.29, 1.82) is 0 Å². The van der Waals surface area contributed by atoms with Crippen LogP contribution in [0.5, 0.6) is 11.5 Å². The van der Waals surface area contributed by atoms with Crippen LogP contribution in [0.4, 0.5) is 0 Å². The number of para-hydroxylation sites is 1. The summed E-state index contributed by atoms with van der Waals surface area (Å²) >= 11 is 0. The first-order valence-electron chi connectivity index (χ1n) is 9.70. The number of hydrogen-bond acceptors (Lipinski definition) is 2. The highest BCUT2D eigenvalue weighted by molar-refractivity contribution is 5.43. The van der Waals surface area contributed by atoms with Gasteiger partial charge in [0.25, 0.3) is 0 Å². The summed E-state index contributed by atoms with van der Waals surface area (Å²) in [6.07, 6.45) is 0. The number of phenols is 2. The van der Waals surface area contributed by atoms with Crippen LogP contribution >= 0.6 is 0 Å². The lowest BCUT2D eigenvalue weighted by atomic mass is 9.94. The summed E-state index contributed by atoms with van der Waals surface area (Å²) in [5, 5.41) is 19.5. The monoisotopic (exact) mass is 356 g/mol. The predicted octanol–water partition coefficient (Wildman–Crippen LogP) is 7.28. The SMILES string of the molecule is CC(C)c1ccc(O)c(C(C)C)c1.CC(C)c1cccc(C(C)C)c1O. The maximum absolute atomic E-state index is 9.93. The van der Waals surface area contributed by atoms with Crippen molar-refractivity contribution in [1.82, 2.24) is 0 Å². The van der Waals surface area contributed by atoms with E-state index in [1.807, 2.05) is 24.3 Å². The second kappa shape index (κ2) is 9.66. The zero-order valence-electron chi connectivity index (χ0n) is 17.7. The van der Waals surface area contributed by atoms with Crippen LogP contribution in [0.3, 0.4) is 0 Å². The van der Waals surface area contributed by atoms with Gasteiger partial charge in [0.15, 0.2) is 0 Å². The van der Waals surface area contributed by atoms with Gasteiger partial charge in [0.05, 0.1) is 0 Å². The first kappa shape index (κ1) is 22.1. The van der Waals surface area contributed by atoms with E-state index in [0.717, 1.165) is 16.7 Å². The Morgan fingerprint density at radius 2 is 1.04 bits per heavy atom. The van der Waals surface area contributed by atoms with Crippen LogP contribution in [-0.2, 0) is 0 Å². The maximum Gasteiger partial charge on any atom is 0.122 e. The van der Waals surface area contributed by atoms with Gasteiger partial charge >= 0.3 is 0 Å².